The number of nitrogens with zero attached hydrogens (tertiary/aromatic N) is 5. The first-order valence-corrected chi connectivity index (χ1v) is 9.60. The Morgan fingerprint density at radius 1 is 1.47 bits per heavy atom. The maximum absolute atomic E-state index is 12.7. The number of carbonyl (C=O) groups is 1. The summed E-state index contributed by atoms with van der Waals surface area (Å²) in [5.41, 5.74) is 0.575. The normalized spacial score (nSPS) is 20.2. The van der Waals surface area contributed by atoms with Crippen LogP contribution in [0.4, 0.5) is 5.95 Å². The van der Waals surface area contributed by atoms with E-state index in [4.69, 9.17) is 16.3 Å². The summed E-state index contributed by atoms with van der Waals surface area (Å²) in [6.07, 6.45) is 4.10. The minimum Gasteiger partial charge on any atom is -0.480 e. The number of hydrogen-bond donors (Lipinski definition) is 3. The number of halogens is 1. The zero-order valence-electron chi connectivity index (χ0n) is 15.9. The maximum Gasteiger partial charge on any atom is 0.326 e. The van der Waals surface area contributed by atoms with E-state index in [1.165, 1.54) is 24.0 Å². The molecule has 0 aliphatic carbocycles. The van der Waals surface area contributed by atoms with Crippen molar-refractivity contribution in [3.05, 3.63) is 40.2 Å². The molecule has 0 amide bonds. The number of anilines is 1. The molecule has 0 radical (unpaired) electrons. The van der Waals surface area contributed by atoms with Gasteiger partial charge in [-0.25, -0.2) is 19.3 Å². The second-order valence-electron chi connectivity index (χ2n) is 6.99. The molecule has 3 aromatic rings. The monoisotopic (exact) mass is 434 g/mol. The number of aromatic nitrogens is 5. The van der Waals surface area contributed by atoms with Crippen LogP contribution in [0.3, 0.4) is 0 Å². The van der Waals surface area contributed by atoms with Crippen LogP contribution in [-0.2, 0) is 9.53 Å². The van der Waals surface area contributed by atoms with Crippen LogP contribution >= 0.6 is 11.6 Å². The summed E-state index contributed by atoms with van der Waals surface area (Å²) < 4.78 is 7.61. The number of rotatable bonds is 5. The molecule has 0 saturated carbocycles. The van der Waals surface area contributed by atoms with Gasteiger partial charge in [0.15, 0.2) is 0 Å². The van der Waals surface area contributed by atoms with Gasteiger partial charge in [-0.3, -0.25) is 9.36 Å². The number of nitrogens with one attached hydrogen (secondary N) is 1. The van der Waals surface area contributed by atoms with Crippen LogP contribution in [0.2, 0.25) is 5.02 Å². The summed E-state index contributed by atoms with van der Waals surface area (Å²) in [6, 6.07) is 0.228. The van der Waals surface area contributed by atoms with Gasteiger partial charge in [-0.1, -0.05) is 11.6 Å². The summed E-state index contributed by atoms with van der Waals surface area (Å²) in [5.74, 6) is -0.861. The summed E-state index contributed by atoms with van der Waals surface area (Å²) in [6.45, 7) is 2.15. The third-order valence-electron chi connectivity index (χ3n) is 4.99. The Morgan fingerprint density at radius 3 is 3.00 bits per heavy atom. The average molecular weight is 435 g/mol. The van der Waals surface area contributed by atoms with E-state index in [0.717, 1.165) is 4.57 Å². The molecule has 1 aliphatic rings. The highest BCUT2D eigenvalue weighted by Crippen LogP contribution is 2.28. The molecule has 1 fully saturated rings. The molecule has 3 aromatic heterocycles. The van der Waals surface area contributed by atoms with Crippen molar-refractivity contribution in [3.8, 4) is 11.3 Å². The predicted molar refractivity (Wildman–Crippen MR) is 107 cm³/mol. The fourth-order valence-corrected chi connectivity index (χ4v) is 3.42. The van der Waals surface area contributed by atoms with E-state index in [1.54, 1.807) is 12.3 Å². The Kier molecular flexibility index (Phi) is 5.41. The van der Waals surface area contributed by atoms with Crippen molar-refractivity contribution in [3.63, 3.8) is 0 Å². The van der Waals surface area contributed by atoms with Gasteiger partial charge in [0.1, 0.15) is 17.9 Å². The lowest BCUT2D eigenvalue weighted by molar-refractivity contribution is -0.140. The fourth-order valence-electron chi connectivity index (χ4n) is 3.22. The molecule has 0 bridgehead atoms. The molecule has 30 heavy (non-hydrogen) atoms. The van der Waals surface area contributed by atoms with Crippen LogP contribution in [0.5, 0.6) is 0 Å². The second kappa shape index (κ2) is 8.01. The van der Waals surface area contributed by atoms with Gasteiger partial charge in [-0.05, 0) is 19.4 Å². The maximum atomic E-state index is 12.7. The Hall–Kier alpha value is -3.02. The van der Waals surface area contributed by atoms with E-state index in [0.29, 0.717) is 24.3 Å². The van der Waals surface area contributed by atoms with Gasteiger partial charge < -0.3 is 20.3 Å². The van der Waals surface area contributed by atoms with Gasteiger partial charge in [0.2, 0.25) is 5.95 Å². The number of aliphatic hydroxyl groups excluding tert-OH is 1. The zero-order valence-corrected chi connectivity index (χ0v) is 16.7. The van der Waals surface area contributed by atoms with Crippen LogP contribution in [0, 0.1) is 0 Å². The van der Waals surface area contributed by atoms with E-state index >= 15 is 0 Å². The van der Waals surface area contributed by atoms with E-state index in [9.17, 15) is 19.8 Å². The lowest BCUT2D eigenvalue weighted by Crippen LogP contribution is -2.42. The minimum atomic E-state index is -1.14. The number of carboxylic acids is 1. The summed E-state index contributed by atoms with van der Waals surface area (Å²) in [5, 5.41) is 26.7. The molecule has 1 unspecified atom stereocenters. The molecule has 158 valence electrons. The largest absolute Gasteiger partial charge is 0.480 e. The summed E-state index contributed by atoms with van der Waals surface area (Å²) in [4.78, 5) is 32.5. The number of ether oxygens (including phenoxy) is 1. The van der Waals surface area contributed by atoms with Crippen LogP contribution < -0.4 is 10.9 Å². The summed E-state index contributed by atoms with van der Waals surface area (Å²) >= 11 is 6.28. The third-order valence-corrected chi connectivity index (χ3v) is 5.26. The lowest BCUT2D eigenvalue weighted by Gasteiger charge is -2.28. The highest BCUT2D eigenvalue weighted by molar-refractivity contribution is 6.32. The number of aliphatic hydroxyl groups is 1. The molecule has 3 atom stereocenters. The quantitative estimate of drug-likeness (QED) is 0.531. The van der Waals surface area contributed by atoms with E-state index in [1.807, 2.05) is 0 Å². The Bertz CT molecular complexity index is 1160. The standard InChI is InChI=1S/C18H19ClN6O5/c1-9(17(28)29)24-8-21-25-6-10(4-13(25)16(24)27)15-11(19)5-20-18(23-15)22-12-2-3-30-7-14(12)26/h4-6,8-9,12,14,26H,2-3,7H2,1H3,(H,28,29)(H,20,22,23)/t9?,12-,14-/m1/s1. The van der Waals surface area contributed by atoms with Crippen molar-refractivity contribution < 1.29 is 19.7 Å². The fraction of sp³-hybridized carbons (Fsp3) is 0.389. The Morgan fingerprint density at radius 2 is 2.27 bits per heavy atom. The molecule has 4 heterocycles. The molecule has 1 saturated heterocycles. The van der Waals surface area contributed by atoms with Crippen molar-refractivity contribution in [2.24, 2.45) is 0 Å². The van der Waals surface area contributed by atoms with Gasteiger partial charge in [0, 0.05) is 18.4 Å². The molecule has 11 nitrogen and oxygen atoms in total. The number of fused-ring (bicyclic) bond motifs is 1. The number of carboxylic acid groups (broad SMARTS) is 1. The first-order chi connectivity index (χ1) is 14.3. The topological polar surface area (TPSA) is 144 Å². The first kappa shape index (κ1) is 20.3. The van der Waals surface area contributed by atoms with Gasteiger partial charge in [0.05, 0.1) is 35.7 Å². The van der Waals surface area contributed by atoms with Gasteiger partial charge in [0.25, 0.3) is 5.56 Å². The molecule has 1 aliphatic heterocycles. The smallest absolute Gasteiger partial charge is 0.326 e. The molecule has 3 N–H and O–H groups in total. The van der Waals surface area contributed by atoms with Crippen molar-refractivity contribution in [1.29, 1.82) is 0 Å². The van der Waals surface area contributed by atoms with E-state index < -0.39 is 23.7 Å². The van der Waals surface area contributed by atoms with Crippen LogP contribution in [0.25, 0.3) is 16.8 Å². The highest BCUT2D eigenvalue weighted by Gasteiger charge is 2.25. The third kappa shape index (κ3) is 3.74. The van der Waals surface area contributed by atoms with Crippen molar-refractivity contribution >= 4 is 29.0 Å². The average Bonchev–Trinajstić information content (AvgIpc) is 3.16. The second-order valence-corrected chi connectivity index (χ2v) is 7.40. The lowest BCUT2D eigenvalue weighted by atomic mass is 10.1. The summed E-state index contributed by atoms with van der Waals surface area (Å²) in [7, 11) is 0. The molecule has 4 rings (SSSR count). The molecular formula is C18H19ClN6O5. The molecule has 0 spiro atoms. The number of aliphatic carboxylic acids is 1. The molecule has 0 aromatic carbocycles. The van der Waals surface area contributed by atoms with Crippen molar-refractivity contribution in [1.82, 2.24) is 24.1 Å². The number of hydrogen-bond acceptors (Lipinski definition) is 8. The highest BCUT2D eigenvalue weighted by atomic mass is 35.5. The van der Waals surface area contributed by atoms with Crippen molar-refractivity contribution in [2.75, 3.05) is 18.5 Å². The van der Waals surface area contributed by atoms with Gasteiger partial charge in [-0.15, -0.1) is 0 Å². The molecular weight excluding hydrogens is 416 g/mol. The predicted octanol–water partition coefficient (Wildman–Crippen LogP) is 0.814. The zero-order chi connectivity index (χ0) is 21.4. The Labute approximate surface area is 174 Å². The SMILES string of the molecule is CC(C(=O)O)n1cnn2cc(-c3nc(N[C@@H]4CCOC[C@H]4O)ncc3Cl)cc2c1=O. The van der Waals surface area contributed by atoms with E-state index in [2.05, 4.69) is 20.4 Å². The first-order valence-electron chi connectivity index (χ1n) is 9.22. The van der Waals surface area contributed by atoms with Crippen LogP contribution in [0.15, 0.2) is 29.6 Å². The van der Waals surface area contributed by atoms with Crippen LogP contribution in [-0.4, -0.2) is 65.7 Å². The van der Waals surface area contributed by atoms with E-state index in [-0.39, 0.29) is 29.1 Å². The Balaban J connectivity index is 1.70. The van der Waals surface area contributed by atoms with Gasteiger partial charge >= 0.3 is 5.97 Å². The van der Waals surface area contributed by atoms with Crippen LogP contribution in [0.1, 0.15) is 19.4 Å². The van der Waals surface area contributed by atoms with Gasteiger partial charge in [-0.2, -0.15) is 5.10 Å². The molecule has 12 heteroatoms. The minimum absolute atomic E-state index is 0.185. The van der Waals surface area contributed by atoms with Crippen molar-refractivity contribution in [2.45, 2.75) is 31.5 Å².